The highest BCUT2D eigenvalue weighted by Crippen LogP contribution is 2.53. The van der Waals surface area contributed by atoms with Crippen molar-refractivity contribution in [2.75, 3.05) is 4.90 Å². The predicted octanol–water partition coefficient (Wildman–Crippen LogP) is 16.2. The normalized spacial score (nSPS) is 14.1. The van der Waals surface area contributed by atoms with Gasteiger partial charge in [-0.1, -0.05) is 155 Å². The molecule has 0 amide bonds. The fourth-order valence-electron chi connectivity index (χ4n) is 10.8. The van der Waals surface area contributed by atoms with Gasteiger partial charge in [-0.25, -0.2) is 0 Å². The second-order valence-corrected chi connectivity index (χ2v) is 18.2. The van der Waals surface area contributed by atoms with Crippen molar-refractivity contribution in [2.24, 2.45) is 0 Å². The van der Waals surface area contributed by atoms with Crippen LogP contribution in [0.5, 0.6) is 0 Å². The standard InChI is InChI=1S/C60H46N2/c1-59(2)53-23-15-14-22-47(53)50-37-52-51-34-41(27-33-57(51)62(58(52)38-56(50)59)44-20-12-7-13-21-44)42-26-31-48-49-32-30-46(36-55(49)60(3,4)54(48)35-42)61(43-18-10-6-11-19-43)45-28-24-40(25-29-45)39-16-8-5-9-17-39/h5-38H,1-4H3. The summed E-state index contributed by atoms with van der Waals surface area (Å²) in [5.41, 5.74) is 22.5. The fourth-order valence-corrected chi connectivity index (χ4v) is 10.8. The highest BCUT2D eigenvalue weighted by atomic mass is 15.1. The van der Waals surface area contributed by atoms with Crippen LogP contribution < -0.4 is 4.90 Å². The first-order valence-corrected chi connectivity index (χ1v) is 21.8. The van der Waals surface area contributed by atoms with Crippen LogP contribution in [0, 0.1) is 0 Å². The molecule has 2 nitrogen and oxygen atoms in total. The van der Waals surface area contributed by atoms with Crippen molar-refractivity contribution in [3.8, 4) is 50.2 Å². The lowest BCUT2D eigenvalue weighted by Crippen LogP contribution is -2.16. The molecular weight excluding hydrogens is 749 g/mol. The van der Waals surface area contributed by atoms with Gasteiger partial charge in [0.25, 0.3) is 0 Å². The van der Waals surface area contributed by atoms with Crippen LogP contribution in [0.4, 0.5) is 17.1 Å². The molecule has 296 valence electrons. The molecule has 2 aliphatic rings. The topological polar surface area (TPSA) is 8.17 Å². The van der Waals surface area contributed by atoms with Crippen molar-refractivity contribution < 1.29 is 0 Å². The van der Waals surface area contributed by atoms with Crippen molar-refractivity contribution in [2.45, 2.75) is 38.5 Å². The summed E-state index contributed by atoms with van der Waals surface area (Å²) >= 11 is 0. The molecule has 0 aliphatic heterocycles. The zero-order valence-electron chi connectivity index (χ0n) is 35.5. The van der Waals surface area contributed by atoms with Crippen LogP contribution in [0.25, 0.3) is 72.0 Å². The number of benzene rings is 9. The van der Waals surface area contributed by atoms with Crippen LogP contribution in [-0.2, 0) is 10.8 Å². The Hall–Kier alpha value is -7.42. The van der Waals surface area contributed by atoms with Crippen molar-refractivity contribution in [1.29, 1.82) is 0 Å². The van der Waals surface area contributed by atoms with Gasteiger partial charge in [-0.2, -0.15) is 0 Å². The Morgan fingerprint density at radius 1 is 0.323 bits per heavy atom. The van der Waals surface area contributed by atoms with E-state index in [1.165, 1.54) is 94.3 Å². The van der Waals surface area contributed by atoms with E-state index >= 15 is 0 Å². The molecule has 1 heterocycles. The third-order valence-corrected chi connectivity index (χ3v) is 14.0. The number of aromatic nitrogens is 1. The summed E-state index contributed by atoms with van der Waals surface area (Å²) in [7, 11) is 0. The van der Waals surface area contributed by atoms with Gasteiger partial charge in [0.15, 0.2) is 0 Å². The third-order valence-electron chi connectivity index (χ3n) is 14.0. The number of rotatable bonds is 6. The molecule has 0 fully saturated rings. The van der Waals surface area contributed by atoms with E-state index < -0.39 is 0 Å². The van der Waals surface area contributed by atoms with Crippen molar-refractivity contribution in [3.63, 3.8) is 0 Å². The van der Waals surface area contributed by atoms with E-state index in [2.05, 4.69) is 243 Å². The first-order chi connectivity index (χ1) is 30.3. The van der Waals surface area contributed by atoms with Gasteiger partial charge in [0, 0.05) is 44.4 Å². The molecular formula is C60H46N2. The fraction of sp³-hybridized carbons (Fsp3) is 0.100. The molecule has 10 aromatic rings. The summed E-state index contributed by atoms with van der Waals surface area (Å²) in [4.78, 5) is 2.38. The average molecular weight is 795 g/mol. The minimum atomic E-state index is -0.204. The number of nitrogens with zero attached hydrogens (tertiary/aromatic N) is 2. The lowest BCUT2D eigenvalue weighted by atomic mass is 9.81. The van der Waals surface area contributed by atoms with Gasteiger partial charge in [0.05, 0.1) is 11.0 Å². The zero-order valence-corrected chi connectivity index (χ0v) is 35.5. The second-order valence-electron chi connectivity index (χ2n) is 18.2. The van der Waals surface area contributed by atoms with Gasteiger partial charge >= 0.3 is 0 Å². The molecule has 2 heteroatoms. The van der Waals surface area contributed by atoms with Crippen LogP contribution in [-0.4, -0.2) is 4.57 Å². The molecule has 9 aromatic carbocycles. The minimum absolute atomic E-state index is 0.0766. The van der Waals surface area contributed by atoms with Gasteiger partial charge in [-0.05, 0) is 146 Å². The summed E-state index contributed by atoms with van der Waals surface area (Å²) in [6, 6.07) is 76.4. The first-order valence-electron chi connectivity index (χ1n) is 21.8. The van der Waals surface area contributed by atoms with Gasteiger partial charge in [-0.15, -0.1) is 0 Å². The number of anilines is 3. The van der Waals surface area contributed by atoms with Crippen LogP contribution in [0.3, 0.4) is 0 Å². The average Bonchev–Trinajstić information content (AvgIpc) is 3.85. The van der Waals surface area contributed by atoms with Gasteiger partial charge in [0.1, 0.15) is 0 Å². The molecule has 0 radical (unpaired) electrons. The Kier molecular flexibility index (Phi) is 7.96. The Morgan fingerprint density at radius 3 is 1.58 bits per heavy atom. The van der Waals surface area contributed by atoms with Crippen molar-refractivity contribution in [1.82, 2.24) is 4.57 Å². The largest absolute Gasteiger partial charge is 0.310 e. The zero-order chi connectivity index (χ0) is 41.7. The lowest BCUT2D eigenvalue weighted by molar-refractivity contribution is 0.660. The summed E-state index contributed by atoms with van der Waals surface area (Å²) in [6.45, 7) is 9.53. The Labute approximate surface area is 364 Å². The Balaban J connectivity index is 0.958. The number of hydrogen-bond acceptors (Lipinski definition) is 1. The van der Waals surface area contributed by atoms with Gasteiger partial charge in [-0.3, -0.25) is 0 Å². The molecule has 0 saturated heterocycles. The number of fused-ring (bicyclic) bond motifs is 9. The Morgan fingerprint density at radius 2 is 0.823 bits per heavy atom. The molecule has 0 atom stereocenters. The number of hydrogen-bond donors (Lipinski definition) is 0. The van der Waals surface area contributed by atoms with E-state index in [-0.39, 0.29) is 10.8 Å². The highest BCUT2D eigenvalue weighted by Gasteiger charge is 2.38. The van der Waals surface area contributed by atoms with Crippen molar-refractivity contribution >= 4 is 38.9 Å². The van der Waals surface area contributed by atoms with E-state index in [0.29, 0.717) is 0 Å². The smallest absolute Gasteiger partial charge is 0.0544 e. The van der Waals surface area contributed by atoms with E-state index in [1.54, 1.807) is 0 Å². The summed E-state index contributed by atoms with van der Waals surface area (Å²) in [5.74, 6) is 0. The highest BCUT2D eigenvalue weighted by molar-refractivity contribution is 6.13. The predicted molar refractivity (Wildman–Crippen MR) is 261 cm³/mol. The van der Waals surface area contributed by atoms with E-state index in [1.807, 2.05) is 0 Å². The van der Waals surface area contributed by atoms with Crippen LogP contribution in [0.1, 0.15) is 49.9 Å². The monoisotopic (exact) mass is 794 g/mol. The van der Waals surface area contributed by atoms with E-state index in [4.69, 9.17) is 0 Å². The molecule has 0 spiro atoms. The number of para-hydroxylation sites is 2. The van der Waals surface area contributed by atoms with Crippen molar-refractivity contribution in [3.05, 3.63) is 229 Å². The summed E-state index contributed by atoms with van der Waals surface area (Å²) < 4.78 is 2.46. The first kappa shape index (κ1) is 36.4. The minimum Gasteiger partial charge on any atom is -0.310 e. The maximum absolute atomic E-state index is 2.47. The van der Waals surface area contributed by atoms with Crippen LogP contribution in [0.15, 0.2) is 206 Å². The quantitative estimate of drug-likeness (QED) is 0.163. The lowest BCUT2D eigenvalue weighted by Gasteiger charge is -2.28. The van der Waals surface area contributed by atoms with Gasteiger partial charge < -0.3 is 9.47 Å². The second kappa shape index (κ2) is 13.5. The maximum Gasteiger partial charge on any atom is 0.0544 e. The molecule has 1 aromatic heterocycles. The molecule has 0 bridgehead atoms. The van der Waals surface area contributed by atoms with E-state index in [9.17, 15) is 0 Å². The third kappa shape index (κ3) is 5.43. The van der Waals surface area contributed by atoms with Crippen LogP contribution >= 0.6 is 0 Å². The van der Waals surface area contributed by atoms with E-state index in [0.717, 1.165) is 17.1 Å². The molecule has 62 heavy (non-hydrogen) atoms. The Bertz CT molecular complexity index is 3370. The molecule has 2 aliphatic carbocycles. The molecule has 12 rings (SSSR count). The summed E-state index contributed by atoms with van der Waals surface area (Å²) in [6.07, 6.45) is 0. The maximum atomic E-state index is 2.47. The van der Waals surface area contributed by atoms with Gasteiger partial charge in [0.2, 0.25) is 0 Å². The summed E-state index contributed by atoms with van der Waals surface area (Å²) in [5, 5.41) is 2.56. The molecule has 0 N–H and O–H groups in total. The molecule has 0 unspecified atom stereocenters. The van der Waals surface area contributed by atoms with Crippen LogP contribution in [0.2, 0.25) is 0 Å². The SMILES string of the molecule is CC1(C)c2cc(-c3ccc4c(c3)c3cc5c(cc3n4-c3ccccc3)C(C)(C)c3ccccc3-5)ccc2-c2ccc(N(c3ccccc3)c3ccc(-c4ccccc4)cc3)cc21. The molecule has 0 saturated carbocycles.